The van der Waals surface area contributed by atoms with Gasteiger partial charge in [0.1, 0.15) is 5.03 Å². The fourth-order valence-corrected chi connectivity index (χ4v) is 4.92. The summed E-state index contributed by atoms with van der Waals surface area (Å²) in [6.07, 6.45) is 0. The van der Waals surface area contributed by atoms with Gasteiger partial charge in [-0.05, 0) is 62.2 Å². The highest BCUT2D eigenvalue weighted by Crippen LogP contribution is 2.24. The Morgan fingerprint density at radius 2 is 1.67 bits per heavy atom. The van der Waals surface area contributed by atoms with Gasteiger partial charge < -0.3 is 15.1 Å². The van der Waals surface area contributed by atoms with Crippen molar-refractivity contribution in [3.63, 3.8) is 0 Å². The molecule has 4 rings (SSSR count). The molecule has 1 aliphatic rings. The lowest BCUT2D eigenvalue weighted by Gasteiger charge is -2.36. The van der Waals surface area contributed by atoms with Crippen LogP contribution in [0.5, 0.6) is 0 Å². The van der Waals surface area contributed by atoms with Crippen LogP contribution in [0.15, 0.2) is 53.6 Å². The van der Waals surface area contributed by atoms with Crippen LogP contribution in [0.1, 0.15) is 16.7 Å². The van der Waals surface area contributed by atoms with Gasteiger partial charge in [0.05, 0.1) is 5.75 Å². The summed E-state index contributed by atoms with van der Waals surface area (Å²) in [7, 11) is 0. The average molecular weight is 482 g/mol. The Labute approximate surface area is 204 Å². The Kier molecular flexibility index (Phi) is 7.40. The summed E-state index contributed by atoms with van der Waals surface area (Å²) >= 11 is 7.52. The maximum Gasteiger partial charge on any atom is 0.234 e. The second-order valence-corrected chi connectivity index (χ2v) is 9.73. The van der Waals surface area contributed by atoms with Gasteiger partial charge in [0, 0.05) is 42.6 Å². The van der Waals surface area contributed by atoms with Crippen molar-refractivity contribution < 1.29 is 4.79 Å². The number of halogens is 1. The van der Waals surface area contributed by atoms with Crippen molar-refractivity contribution in [2.24, 2.45) is 0 Å². The van der Waals surface area contributed by atoms with E-state index in [0.717, 1.165) is 64.5 Å². The molecule has 3 aromatic rings. The quantitative estimate of drug-likeness (QED) is 0.493. The molecule has 6 nitrogen and oxygen atoms in total. The number of hydrogen-bond acceptors (Lipinski definition) is 6. The predicted octanol–water partition coefficient (Wildman–Crippen LogP) is 5.11. The van der Waals surface area contributed by atoms with E-state index in [1.54, 1.807) is 0 Å². The summed E-state index contributed by atoms with van der Waals surface area (Å²) in [4.78, 5) is 17.0. The van der Waals surface area contributed by atoms with Gasteiger partial charge >= 0.3 is 0 Å². The van der Waals surface area contributed by atoms with Gasteiger partial charge in [-0.1, -0.05) is 47.1 Å². The first-order valence-corrected chi connectivity index (χ1v) is 12.3. The highest BCUT2D eigenvalue weighted by Gasteiger charge is 2.19. The molecule has 8 heteroatoms. The van der Waals surface area contributed by atoms with Gasteiger partial charge in [-0.25, -0.2) is 0 Å². The van der Waals surface area contributed by atoms with Gasteiger partial charge in [0.2, 0.25) is 5.91 Å². The summed E-state index contributed by atoms with van der Waals surface area (Å²) in [5.41, 5.74) is 5.38. The number of aromatic nitrogens is 2. The number of amides is 1. The second kappa shape index (κ2) is 10.4. The molecular formula is C25H28ClN5OS. The minimum atomic E-state index is -0.0435. The first-order valence-electron chi connectivity index (χ1n) is 11.0. The zero-order chi connectivity index (χ0) is 23.4. The number of carbonyl (C=O) groups excluding carboxylic acids is 1. The molecule has 33 heavy (non-hydrogen) atoms. The Morgan fingerprint density at radius 1 is 0.970 bits per heavy atom. The second-order valence-electron chi connectivity index (χ2n) is 8.29. The number of thioether (sulfide) groups is 1. The molecule has 1 aliphatic heterocycles. The summed E-state index contributed by atoms with van der Waals surface area (Å²) in [5, 5.41) is 13.3. The van der Waals surface area contributed by atoms with Crippen LogP contribution in [0.3, 0.4) is 0 Å². The number of hydrogen-bond donors (Lipinski definition) is 1. The molecule has 1 amide bonds. The van der Waals surface area contributed by atoms with E-state index in [4.69, 9.17) is 11.6 Å². The molecule has 2 aromatic carbocycles. The zero-order valence-corrected chi connectivity index (χ0v) is 20.7. The maximum absolute atomic E-state index is 12.5. The van der Waals surface area contributed by atoms with E-state index in [1.807, 2.05) is 44.2 Å². The minimum absolute atomic E-state index is 0.0435. The fraction of sp³-hybridized carbons (Fsp3) is 0.320. The Morgan fingerprint density at radius 3 is 2.30 bits per heavy atom. The standard InChI is InChI=1S/C25H28ClN5OS/c1-17-13-18(2)25(19(3)14-17)27-23(32)16-33-24-8-7-22(28-29-24)31-11-9-30(10-12-31)21-6-4-5-20(26)15-21/h4-8,13-15H,9-12,16H2,1-3H3,(H,27,32). The fourth-order valence-electron chi connectivity index (χ4n) is 4.12. The van der Waals surface area contributed by atoms with Crippen LogP contribution in [-0.2, 0) is 4.79 Å². The molecule has 0 saturated carbocycles. The van der Waals surface area contributed by atoms with Crippen molar-refractivity contribution in [3.8, 4) is 0 Å². The third kappa shape index (κ3) is 5.97. The van der Waals surface area contributed by atoms with Gasteiger partial charge in [-0.3, -0.25) is 4.79 Å². The molecule has 1 saturated heterocycles. The number of anilines is 3. The molecule has 172 valence electrons. The number of rotatable bonds is 6. The minimum Gasteiger partial charge on any atom is -0.368 e. The first kappa shape index (κ1) is 23.4. The molecule has 0 bridgehead atoms. The van der Waals surface area contributed by atoms with Crippen molar-refractivity contribution in [2.75, 3.05) is 47.0 Å². The van der Waals surface area contributed by atoms with E-state index >= 15 is 0 Å². The summed E-state index contributed by atoms with van der Waals surface area (Å²) < 4.78 is 0. The van der Waals surface area contributed by atoms with Gasteiger partial charge in [0.15, 0.2) is 5.82 Å². The first-order chi connectivity index (χ1) is 15.9. The monoisotopic (exact) mass is 481 g/mol. The number of nitrogens with zero attached hydrogens (tertiary/aromatic N) is 4. The number of benzene rings is 2. The van der Waals surface area contributed by atoms with Gasteiger partial charge in [0.25, 0.3) is 0 Å². The van der Waals surface area contributed by atoms with E-state index in [0.29, 0.717) is 5.75 Å². The number of aryl methyl sites for hydroxylation is 3. The largest absolute Gasteiger partial charge is 0.368 e. The molecule has 0 atom stereocenters. The third-order valence-electron chi connectivity index (χ3n) is 5.70. The smallest absolute Gasteiger partial charge is 0.234 e. The number of piperazine rings is 1. The predicted molar refractivity (Wildman–Crippen MR) is 138 cm³/mol. The highest BCUT2D eigenvalue weighted by atomic mass is 35.5. The maximum atomic E-state index is 12.5. The van der Waals surface area contributed by atoms with Crippen molar-refractivity contribution >= 4 is 46.5 Å². The molecular weight excluding hydrogens is 454 g/mol. The molecule has 0 aliphatic carbocycles. The zero-order valence-electron chi connectivity index (χ0n) is 19.1. The summed E-state index contributed by atoms with van der Waals surface area (Å²) in [6, 6.07) is 16.0. The molecule has 1 aromatic heterocycles. The van der Waals surface area contributed by atoms with Crippen LogP contribution in [-0.4, -0.2) is 48.0 Å². The Hall–Kier alpha value is -2.77. The lowest BCUT2D eigenvalue weighted by Crippen LogP contribution is -2.46. The van der Waals surface area contributed by atoms with Crippen molar-refractivity contribution in [1.82, 2.24) is 10.2 Å². The number of nitrogens with one attached hydrogen (secondary N) is 1. The SMILES string of the molecule is Cc1cc(C)c(NC(=O)CSc2ccc(N3CCN(c4cccc(Cl)c4)CC3)nn2)c(C)c1. The van der Waals surface area contributed by atoms with Gasteiger partial charge in [-0.15, -0.1) is 10.2 Å². The lowest BCUT2D eigenvalue weighted by atomic mass is 10.1. The summed E-state index contributed by atoms with van der Waals surface area (Å²) in [6.45, 7) is 9.62. The molecule has 1 fully saturated rings. The molecule has 1 N–H and O–H groups in total. The van der Waals surface area contributed by atoms with Crippen LogP contribution in [0.25, 0.3) is 0 Å². The van der Waals surface area contributed by atoms with Crippen LogP contribution in [0.2, 0.25) is 5.02 Å². The van der Waals surface area contributed by atoms with Crippen LogP contribution in [0, 0.1) is 20.8 Å². The molecule has 0 spiro atoms. The highest BCUT2D eigenvalue weighted by molar-refractivity contribution is 7.99. The topological polar surface area (TPSA) is 61.4 Å². The van der Waals surface area contributed by atoms with Crippen LogP contribution in [0.4, 0.5) is 17.2 Å². The lowest BCUT2D eigenvalue weighted by molar-refractivity contribution is -0.113. The number of carbonyl (C=O) groups is 1. The molecule has 2 heterocycles. The van der Waals surface area contributed by atoms with E-state index < -0.39 is 0 Å². The van der Waals surface area contributed by atoms with E-state index in [-0.39, 0.29) is 5.91 Å². The normalized spacial score (nSPS) is 13.8. The third-order valence-corrected chi connectivity index (χ3v) is 6.85. The van der Waals surface area contributed by atoms with Crippen molar-refractivity contribution in [3.05, 3.63) is 70.2 Å². The van der Waals surface area contributed by atoms with Crippen molar-refractivity contribution in [1.29, 1.82) is 0 Å². The Bertz CT molecular complexity index is 1110. The van der Waals surface area contributed by atoms with Crippen LogP contribution < -0.4 is 15.1 Å². The average Bonchev–Trinajstić information content (AvgIpc) is 2.80. The summed E-state index contributed by atoms with van der Waals surface area (Å²) in [5.74, 6) is 1.11. The molecule has 0 unspecified atom stereocenters. The molecule has 0 radical (unpaired) electrons. The van der Waals surface area contributed by atoms with Gasteiger partial charge in [-0.2, -0.15) is 0 Å². The van der Waals surface area contributed by atoms with Crippen LogP contribution >= 0.6 is 23.4 Å². The van der Waals surface area contributed by atoms with Crippen molar-refractivity contribution in [2.45, 2.75) is 25.8 Å². The van der Waals surface area contributed by atoms with E-state index in [9.17, 15) is 4.79 Å². The van der Waals surface area contributed by atoms with E-state index in [1.165, 1.54) is 17.3 Å². The Balaban J connectivity index is 1.28. The van der Waals surface area contributed by atoms with E-state index in [2.05, 4.69) is 50.4 Å².